The van der Waals surface area contributed by atoms with Gasteiger partial charge in [-0.15, -0.1) is 0 Å². The van der Waals surface area contributed by atoms with Crippen molar-refractivity contribution in [3.63, 3.8) is 0 Å². The quantitative estimate of drug-likeness (QED) is 0.428. The number of anilines is 2. The van der Waals surface area contributed by atoms with Crippen molar-refractivity contribution in [2.75, 3.05) is 24.9 Å². The van der Waals surface area contributed by atoms with Crippen LogP contribution in [0.15, 0.2) is 42.5 Å². The van der Waals surface area contributed by atoms with Crippen LogP contribution in [0.4, 0.5) is 24.7 Å². The maximum absolute atomic E-state index is 14.0. The molecule has 2 atom stereocenters. The summed E-state index contributed by atoms with van der Waals surface area (Å²) in [7, 11) is 2.92. The highest BCUT2D eigenvalue weighted by Gasteiger charge is 2.47. The molecular weight excluding hydrogens is 496 g/mol. The van der Waals surface area contributed by atoms with Crippen LogP contribution in [0.5, 0.6) is 11.5 Å². The Morgan fingerprint density at radius 2 is 1.76 bits per heavy atom. The Labute approximate surface area is 202 Å². The van der Waals surface area contributed by atoms with Gasteiger partial charge in [0, 0.05) is 28.2 Å². The molecule has 1 amide bonds. The molecule has 2 N–H and O–H groups in total. The highest BCUT2D eigenvalue weighted by atomic mass is 35.5. The van der Waals surface area contributed by atoms with E-state index in [4.69, 9.17) is 32.7 Å². The fourth-order valence-electron chi connectivity index (χ4n) is 3.79. The molecule has 0 saturated carbocycles. The van der Waals surface area contributed by atoms with Gasteiger partial charge in [0.15, 0.2) is 23.2 Å². The zero-order valence-corrected chi connectivity index (χ0v) is 19.4. The number of rotatable bonds is 5. The fourth-order valence-corrected chi connectivity index (χ4v) is 4.32. The van der Waals surface area contributed by atoms with Crippen LogP contribution in [0.2, 0.25) is 10.0 Å². The summed E-state index contributed by atoms with van der Waals surface area (Å²) in [6.07, 6.45) is -4.93. The molecule has 34 heavy (non-hydrogen) atoms. The number of carbonyl (C=O) groups excluding carboxylic acids is 1. The van der Waals surface area contributed by atoms with Crippen LogP contribution in [0.3, 0.4) is 0 Å². The summed E-state index contributed by atoms with van der Waals surface area (Å²) in [5, 5.41) is 10.1. The lowest BCUT2D eigenvalue weighted by atomic mass is 9.96. The second kappa shape index (κ2) is 9.27. The monoisotopic (exact) mass is 514 g/mol. The topological polar surface area (TPSA) is 77.4 Å². The number of methoxy groups -OCH3 is 2. The molecule has 4 rings (SSSR count). The zero-order valence-electron chi connectivity index (χ0n) is 17.9. The van der Waals surface area contributed by atoms with Crippen molar-refractivity contribution in [2.24, 2.45) is 0 Å². The Morgan fingerprint density at radius 1 is 1.09 bits per heavy atom. The highest BCUT2D eigenvalue weighted by molar-refractivity contribution is 6.35. The Hall–Kier alpha value is -3.11. The summed E-state index contributed by atoms with van der Waals surface area (Å²) >= 11 is 11.9. The number of alkyl halides is 3. The number of hydrogen-bond donors (Lipinski definition) is 2. The van der Waals surface area contributed by atoms with Crippen molar-refractivity contribution >= 4 is 40.6 Å². The minimum Gasteiger partial charge on any atom is -0.493 e. The molecule has 12 heteroatoms. The third-order valence-electron chi connectivity index (χ3n) is 5.35. The van der Waals surface area contributed by atoms with Gasteiger partial charge in [-0.25, -0.2) is 4.68 Å². The van der Waals surface area contributed by atoms with E-state index < -0.39 is 24.2 Å². The van der Waals surface area contributed by atoms with Gasteiger partial charge in [-0.1, -0.05) is 29.3 Å². The molecule has 180 valence electrons. The van der Waals surface area contributed by atoms with Crippen molar-refractivity contribution in [1.82, 2.24) is 9.78 Å². The van der Waals surface area contributed by atoms with Gasteiger partial charge in [0.2, 0.25) is 0 Å². The first-order valence-corrected chi connectivity index (χ1v) is 10.8. The number of nitrogens with zero attached hydrogens (tertiary/aromatic N) is 2. The number of fused-ring (bicyclic) bond motifs is 1. The summed E-state index contributed by atoms with van der Waals surface area (Å²) < 4.78 is 53.1. The number of hydrogen-bond acceptors (Lipinski definition) is 5. The number of nitrogens with one attached hydrogen (secondary N) is 2. The molecule has 1 aliphatic heterocycles. The zero-order chi connectivity index (χ0) is 24.6. The predicted octanol–water partition coefficient (Wildman–Crippen LogP) is 6.12. The van der Waals surface area contributed by atoms with Crippen molar-refractivity contribution in [1.29, 1.82) is 0 Å². The van der Waals surface area contributed by atoms with Crippen molar-refractivity contribution < 1.29 is 27.4 Å². The maximum Gasteiger partial charge on any atom is 0.410 e. The standard InChI is InChI=1S/C22H19Cl2F3N4O3/c1-33-17-4-3-11(5-18(17)34-2)15-9-19(22(25,26)27)31-20(29-15)10-16(30-31)21(32)28-14-7-12(23)6-13(24)8-14/h3-8,10,15,19,29H,9H2,1-2H3,(H,28,32)/t15-,19-/m0/s1. The summed E-state index contributed by atoms with van der Waals surface area (Å²) in [6.45, 7) is 0. The molecule has 0 unspecified atom stereocenters. The lowest BCUT2D eigenvalue weighted by molar-refractivity contribution is -0.173. The van der Waals surface area contributed by atoms with E-state index in [-0.39, 0.29) is 23.6 Å². The number of benzene rings is 2. The average molecular weight is 515 g/mol. The second-order valence-electron chi connectivity index (χ2n) is 7.58. The largest absolute Gasteiger partial charge is 0.493 e. The van der Waals surface area contributed by atoms with E-state index in [1.807, 2.05) is 0 Å². The van der Waals surface area contributed by atoms with Crippen LogP contribution in [0.1, 0.15) is 34.6 Å². The lowest BCUT2D eigenvalue weighted by Crippen LogP contribution is -2.35. The minimum absolute atomic E-state index is 0.0580. The summed E-state index contributed by atoms with van der Waals surface area (Å²) in [4.78, 5) is 12.7. The van der Waals surface area contributed by atoms with E-state index in [9.17, 15) is 18.0 Å². The van der Waals surface area contributed by atoms with Gasteiger partial charge in [-0.05, 0) is 35.9 Å². The maximum atomic E-state index is 14.0. The molecule has 2 aromatic carbocycles. The summed E-state index contributed by atoms with van der Waals surface area (Å²) in [5.41, 5.74) is 0.664. The molecule has 1 aliphatic rings. The molecule has 1 aromatic heterocycles. The Kier molecular flexibility index (Phi) is 6.55. The number of aromatic nitrogens is 2. The predicted molar refractivity (Wildman–Crippen MR) is 122 cm³/mol. The molecule has 3 aromatic rings. The van der Waals surface area contributed by atoms with Crippen LogP contribution >= 0.6 is 23.2 Å². The molecule has 0 bridgehead atoms. The molecule has 0 spiro atoms. The highest BCUT2D eigenvalue weighted by Crippen LogP contribution is 2.44. The van der Waals surface area contributed by atoms with Gasteiger partial charge in [0.25, 0.3) is 5.91 Å². The van der Waals surface area contributed by atoms with Crippen LogP contribution in [-0.4, -0.2) is 36.1 Å². The third-order valence-corrected chi connectivity index (χ3v) is 5.79. The van der Waals surface area contributed by atoms with Gasteiger partial charge < -0.3 is 20.1 Å². The van der Waals surface area contributed by atoms with Crippen LogP contribution in [-0.2, 0) is 0 Å². The van der Waals surface area contributed by atoms with Gasteiger partial charge in [-0.2, -0.15) is 18.3 Å². The van der Waals surface area contributed by atoms with Crippen LogP contribution in [0.25, 0.3) is 0 Å². The number of carbonyl (C=O) groups is 1. The summed E-state index contributed by atoms with van der Waals surface area (Å²) in [5.74, 6) is 0.206. The minimum atomic E-state index is -4.59. The van der Waals surface area contributed by atoms with Gasteiger partial charge in [0.05, 0.1) is 20.3 Å². The van der Waals surface area contributed by atoms with E-state index in [1.54, 1.807) is 18.2 Å². The van der Waals surface area contributed by atoms with Gasteiger partial charge >= 0.3 is 6.18 Å². The van der Waals surface area contributed by atoms with Gasteiger partial charge in [0.1, 0.15) is 5.82 Å². The third kappa shape index (κ3) is 4.88. The average Bonchev–Trinajstić information content (AvgIpc) is 3.20. The molecule has 0 saturated heterocycles. The molecule has 0 fully saturated rings. The van der Waals surface area contributed by atoms with Crippen molar-refractivity contribution in [3.8, 4) is 11.5 Å². The Bertz CT molecular complexity index is 1210. The van der Waals surface area contributed by atoms with Crippen molar-refractivity contribution in [3.05, 3.63) is 63.8 Å². The van der Waals surface area contributed by atoms with E-state index in [0.29, 0.717) is 27.1 Å². The second-order valence-corrected chi connectivity index (χ2v) is 8.45. The Balaban J connectivity index is 1.65. The molecule has 0 radical (unpaired) electrons. The number of halogens is 5. The van der Waals surface area contributed by atoms with Gasteiger partial charge in [-0.3, -0.25) is 4.79 Å². The van der Waals surface area contributed by atoms with E-state index >= 15 is 0 Å². The number of amides is 1. The summed E-state index contributed by atoms with van der Waals surface area (Å²) in [6, 6.07) is 7.94. The first-order chi connectivity index (χ1) is 16.1. The first-order valence-electron chi connectivity index (χ1n) is 10.0. The molecule has 2 heterocycles. The van der Waals surface area contributed by atoms with E-state index in [2.05, 4.69) is 15.7 Å². The smallest absolute Gasteiger partial charge is 0.410 e. The van der Waals surface area contributed by atoms with Crippen LogP contribution < -0.4 is 20.1 Å². The molecular formula is C22H19Cl2F3N4O3. The Morgan fingerprint density at radius 3 is 2.38 bits per heavy atom. The van der Waals surface area contributed by atoms with E-state index in [1.165, 1.54) is 38.5 Å². The number of ether oxygens (including phenoxy) is 2. The molecule has 0 aliphatic carbocycles. The molecule has 7 nitrogen and oxygen atoms in total. The van der Waals surface area contributed by atoms with Crippen molar-refractivity contribution in [2.45, 2.75) is 24.7 Å². The van der Waals surface area contributed by atoms with E-state index in [0.717, 1.165) is 4.68 Å². The SMILES string of the molecule is COc1ccc([C@@H]2C[C@@H](C(F)(F)F)n3nc(C(=O)Nc4cc(Cl)cc(Cl)c4)cc3N2)cc1OC. The fraction of sp³-hybridized carbons (Fsp3) is 0.273. The normalized spacial score (nSPS) is 17.5. The first kappa shape index (κ1) is 24.0. The van der Waals surface area contributed by atoms with Crippen LogP contribution in [0, 0.1) is 0 Å². The lowest BCUT2D eigenvalue weighted by Gasteiger charge is -2.33.